The van der Waals surface area contributed by atoms with Gasteiger partial charge >= 0.3 is 18.2 Å². The molecule has 288 valence electrons. The summed E-state index contributed by atoms with van der Waals surface area (Å²) in [7, 11) is 0. The smallest absolute Gasteiger partial charge is 0.475 e. The van der Waals surface area contributed by atoms with Crippen LogP contribution in [-0.2, 0) is 20.8 Å². The van der Waals surface area contributed by atoms with Crippen LogP contribution in [0.1, 0.15) is 61.0 Å². The van der Waals surface area contributed by atoms with Crippen LogP contribution in [0, 0.1) is 18.8 Å². The van der Waals surface area contributed by atoms with Crippen molar-refractivity contribution in [1.29, 1.82) is 0 Å². The second-order valence-electron chi connectivity index (χ2n) is 13.5. The van der Waals surface area contributed by atoms with Gasteiger partial charge in [-0.2, -0.15) is 18.3 Å². The van der Waals surface area contributed by atoms with Crippen LogP contribution in [0.5, 0.6) is 0 Å². The Bertz CT molecular complexity index is 1950. The number of alkyl halides is 3. The first-order valence-electron chi connectivity index (χ1n) is 17.3. The van der Waals surface area contributed by atoms with Crippen LogP contribution in [0.3, 0.4) is 0 Å². The van der Waals surface area contributed by atoms with E-state index in [-0.39, 0.29) is 42.0 Å². The van der Waals surface area contributed by atoms with Crippen LogP contribution in [-0.4, -0.2) is 75.0 Å². The van der Waals surface area contributed by atoms with E-state index >= 15 is 0 Å². The number of carbonyl (C=O) groups excluding carboxylic acids is 3. The number of hydrogen-bond donors (Lipinski definition) is 7. The lowest BCUT2D eigenvalue weighted by atomic mass is 9.81. The zero-order valence-corrected chi connectivity index (χ0v) is 29.9. The topological polar surface area (TPSA) is 203 Å². The number of aromatic nitrogens is 2. The van der Waals surface area contributed by atoms with Crippen LogP contribution in [0.2, 0.25) is 0 Å². The monoisotopic (exact) mass is 752 g/mol. The summed E-state index contributed by atoms with van der Waals surface area (Å²) >= 11 is 0. The number of carbonyl (C=O) groups is 5. The molecule has 0 spiro atoms. The number of amides is 4. The van der Waals surface area contributed by atoms with Gasteiger partial charge in [0.1, 0.15) is 6.04 Å². The number of aryl methyl sites for hydroxylation is 1. The first-order chi connectivity index (χ1) is 25.5. The molecule has 0 aliphatic heterocycles. The van der Waals surface area contributed by atoms with Gasteiger partial charge in [0.15, 0.2) is 0 Å². The van der Waals surface area contributed by atoms with E-state index in [0.29, 0.717) is 30.6 Å². The fourth-order valence-corrected chi connectivity index (χ4v) is 6.13. The Kier molecular flexibility index (Phi) is 13.8. The molecule has 1 fully saturated rings. The number of aliphatic carboxylic acids is 1. The molecule has 5 rings (SSSR count). The maximum absolute atomic E-state index is 13.6. The summed E-state index contributed by atoms with van der Waals surface area (Å²) in [5.41, 5.74) is 5.83. The van der Waals surface area contributed by atoms with E-state index in [0.717, 1.165) is 46.0 Å². The van der Waals surface area contributed by atoms with Crippen LogP contribution in [0.25, 0.3) is 22.0 Å². The average Bonchev–Trinajstić information content (AvgIpc) is 3.58. The van der Waals surface area contributed by atoms with Gasteiger partial charge < -0.3 is 31.5 Å². The lowest BCUT2D eigenvalue weighted by Gasteiger charge is -2.29. The highest BCUT2D eigenvalue weighted by molar-refractivity contribution is 5.99. The number of carboxylic acids is 1. The lowest BCUT2D eigenvalue weighted by Crippen LogP contribution is -2.48. The summed E-state index contributed by atoms with van der Waals surface area (Å²) in [6.45, 7) is 6.20. The number of nitrogens with zero attached hydrogens (tertiary/aromatic N) is 1. The predicted molar refractivity (Wildman–Crippen MR) is 195 cm³/mol. The first-order valence-corrected chi connectivity index (χ1v) is 17.3. The van der Waals surface area contributed by atoms with Crippen LogP contribution in [0.15, 0.2) is 66.9 Å². The van der Waals surface area contributed by atoms with Gasteiger partial charge in [0, 0.05) is 41.6 Å². The molecule has 4 aromatic rings. The van der Waals surface area contributed by atoms with Gasteiger partial charge in [-0.05, 0) is 105 Å². The van der Waals surface area contributed by atoms with E-state index in [4.69, 9.17) is 15.0 Å². The number of anilines is 1. The highest BCUT2D eigenvalue weighted by Crippen LogP contribution is 2.29. The van der Waals surface area contributed by atoms with Gasteiger partial charge in [-0.3, -0.25) is 19.5 Å². The molecule has 0 radical (unpaired) electrons. The third kappa shape index (κ3) is 11.8. The number of carboxylic acid groups (broad SMARTS) is 2. The summed E-state index contributed by atoms with van der Waals surface area (Å²) in [6, 6.07) is 18.2. The first kappa shape index (κ1) is 40.8. The van der Waals surface area contributed by atoms with Crippen LogP contribution >= 0.6 is 0 Å². The lowest BCUT2D eigenvalue weighted by molar-refractivity contribution is -0.192. The molecule has 3 aromatic carbocycles. The van der Waals surface area contributed by atoms with Gasteiger partial charge in [-0.25, -0.2) is 9.59 Å². The largest absolute Gasteiger partial charge is 0.490 e. The molecule has 13 nitrogen and oxygen atoms in total. The molecular formula is C38H43F3N6O7. The highest BCUT2D eigenvalue weighted by atomic mass is 19.4. The van der Waals surface area contributed by atoms with Crippen molar-refractivity contribution in [2.45, 2.75) is 71.1 Å². The Morgan fingerprint density at radius 1 is 0.907 bits per heavy atom. The van der Waals surface area contributed by atoms with E-state index < -0.39 is 24.3 Å². The van der Waals surface area contributed by atoms with Crippen molar-refractivity contribution in [3.8, 4) is 11.1 Å². The molecular weight excluding hydrogens is 709 g/mol. The number of hydrogen-bond acceptors (Lipinski definition) is 6. The molecule has 4 amide bonds. The van der Waals surface area contributed by atoms with Gasteiger partial charge in [-0.15, -0.1) is 0 Å². The SMILES string of the molecule is Cc1cc(C(=O)NC(C)C)ccc1-c1ccc(C[C@H](NC(=O)[C@H]2CC[C@H](CNC(=O)O)CC2)C(=O)Nc2ccc3cn[nH]c3c2)cc1.O=C(O)C(F)(F)F. The van der Waals surface area contributed by atoms with Gasteiger partial charge in [0.05, 0.1) is 11.7 Å². The quantitative estimate of drug-likeness (QED) is 0.0959. The van der Waals surface area contributed by atoms with E-state index in [2.05, 4.69) is 31.5 Å². The van der Waals surface area contributed by atoms with Gasteiger partial charge in [-0.1, -0.05) is 30.3 Å². The van der Waals surface area contributed by atoms with E-state index in [1.807, 2.05) is 69.3 Å². The molecule has 1 saturated carbocycles. The third-order valence-corrected chi connectivity index (χ3v) is 8.96. The second kappa shape index (κ2) is 18.2. The van der Waals surface area contributed by atoms with Crippen molar-refractivity contribution in [3.63, 3.8) is 0 Å². The molecule has 0 saturated heterocycles. The van der Waals surface area contributed by atoms with Crippen LogP contribution in [0.4, 0.5) is 23.7 Å². The summed E-state index contributed by atoms with van der Waals surface area (Å²) in [5.74, 6) is -3.41. The Hall–Kier alpha value is -5.93. The summed E-state index contributed by atoms with van der Waals surface area (Å²) < 4.78 is 31.7. The Labute approximate surface area is 309 Å². The maximum Gasteiger partial charge on any atom is 0.490 e. The second-order valence-corrected chi connectivity index (χ2v) is 13.5. The molecule has 1 atom stereocenters. The van der Waals surface area contributed by atoms with Crippen LogP contribution < -0.4 is 21.3 Å². The molecule has 16 heteroatoms. The zero-order chi connectivity index (χ0) is 39.6. The highest BCUT2D eigenvalue weighted by Gasteiger charge is 2.38. The fraction of sp³-hybridized carbons (Fsp3) is 0.368. The zero-order valence-electron chi connectivity index (χ0n) is 29.9. The minimum Gasteiger partial charge on any atom is -0.475 e. The number of H-pyrrole nitrogens is 1. The minimum atomic E-state index is -5.08. The number of aromatic amines is 1. The third-order valence-electron chi connectivity index (χ3n) is 8.96. The summed E-state index contributed by atoms with van der Waals surface area (Å²) in [6.07, 6.45) is -1.39. The van der Waals surface area contributed by atoms with E-state index in [9.17, 15) is 32.3 Å². The molecule has 1 aromatic heterocycles. The normalized spacial score (nSPS) is 16.1. The molecule has 1 aliphatic rings. The summed E-state index contributed by atoms with van der Waals surface area (Å²) in [4.78, 5) is 59.3. The van der Waals surface area contributed by atoms with Crippen molar-refractivity contribution >= 4 is 46.4 Å². The molecule has 1 heterocycles. The molecule has 1 aliphatic carbocycles. The Morgan fingerprint density at radius 3 is 2.17 bits per heavy atom. The predicted octanol–water partition coefficient (Wildman–Crippen LogP) is 6.05. The molecule has 0 unspecified atom stereocenters. The van der Waals surface area contributed by atoms with Crippen molar-refractivity contribution in [2.24, 2.45) is 11.8 Å². The van der Waals surface area contributed by atoms with Crippen molar-refractivity contribution in [3.05, 3.63) is 83.6 Å². The number of halogens is 3. The van der Waals surface area contributed by atoms with Gasteiger partial charge in [0.25, 0.3) is 5.91 Å². The van der Waals surface area contributed by atoms with Gasteiger partial charge in [0.2, 0.25) is 11.8 Å². The number of benzene rings is 3. The minimum absolute atomic E-state index is 0.0498. The van der Waals surface area contributed by atoms with Crippen molar-refractivity contribution < 1.29 is 47.4 Å². The molecule has 0 bridgehead atoms. The average molecular weight is 753 g/mol. The summed E-state index contributed by atoms with van der Waals surface area (Å²) in [5, 5.41) is 35.2. The van der Waals surface area contributed by atoms with Crippen molar-refractivity contribution in [2.75, 3.05) is 11.9 Å². The Morgan fingerprint density at radius 2 is 1.57 bits per heavy atom. The fourth-order valence-electron chi connectivity index (χ4n) is 6.13. The van der Waals surface area contributed by atoms with E-state index in [1.54, 1.807) is 18.3 Å². The number of nitrogens with one attached hydrogen (secondary N) is 5. The van der Waals surface area contributed by atoms with Crippen molar-refractivity contribution in [1.82, 2.24) is 26.1 Å². The number of fused-ring (bicyclic) bond motifs is 1. The number of rotatable bonds is 11. The standard InChI is InChI=1S/C36H42N6O5.C2HF3O2/c1-21(2)39-34(44)27-13-15-30(22(3)16-27)25-8-4-23(5-9-25)17-32(35(45)40-29-14-12-28-20-38-42-31(28)18-29)41-33(43)26-10-6-24(7-11-26)19-37-36(46)47;3-2(4,5)1(6)7/h4-5,8-9,12-16,18,20-21,24,26,32,37H,6-7,10-11,17,19H2,1-3H3,(H,38,42)(H,39,44)(H,40,45)(H,41,43)(H,46,47);(H,6,7)/t24-,26-,32-;/m0./s1. The Balaban J connectivity index is 0.000000845. The molecule has 7 N–H and O–H groups in total. The molecule has 54 heavy (non-hydrogen) atoms. The maximum atomic E-state index is 13.6. The van der Waals surface area contributed by atoms with E-state index in [1.165, 1.54) is 0 Å².